The molecule has 1 fully saturated rings. The predicted octanol–water partition coefficient (Wildman–Crippen LogP) is 2.60. The van der Waals surface area contributed by atoms with Crippen LogP contribution in [0.15, 0.2) is 36.9 Å². The Hall–Kier alpha value is -1.83. The molecule has 0 amide bonds. The van der Waals surface area contributed by atoms with Gasteiger partial charge in [-0.2, -0.15) is 0 Å². The Bertz CT molecular complexity index is 783. The molecule has 2 aliphatic rings. The monoisotopic (exact) mass is 371 g/mol. The van der Waals surface area contributed by atoms with Crippen LogP contribution < -0.4 is 10.0 Å². The largest absolute Gasteiger partial charge is 0.598 e. The maximum absolute atomic E-state index is 12.2. The Labute approximate surface area is 157 Å². The summed E-state index contributed by atoms with van der Waals surface area (Å²) in [5.74, 6) is 1.60. The molecule has 2 N–H and O–H groups in total. The van der Waals surface area contributed by atoms with Crippen molar-refractivity contribution >= 4 is 22.8 Å². The van der Waals surface area contributed by atoms with Crippen LogP contribution in [0.5, 0.6) is 0 Å². The summed E-state index contributed by atoms with van der Waals surface area (Å²) in [6, 6.07) is 4.37. The lowest BCUT2D eigenvalue weighted by Gasteiger charge is -2.29. The fourth-order valence-electron chi connectivity index (χ4n) is 3.51. The molecule has 0 spiro atoms. The Balaban J connectivity index is 1.56. The number of nitrogens with one attached hydrogen (secondary N) is 2. The summed E-state index contributed by atoms with van der Waals surface area (Å²) in [6.07, 6.45) is 12.2. The van der Waals surface area contributed by atoms with E-state index in [4.69, 9.17) is 0 Å². The predicted molar refractivity (Wildman–Crippen MR) is 105 cm³/mol. The number of aromatic nitrogens is 3. The second-order valence-electron chi connectivity index (χ2n) is 7.11. The van der Waals surface area contributed by atoms with E-state index in [1.54, 1.807) is 13.4 Å². The molecular formula is C19H25N5OS. The normalized spacial score (nSPS) is 24.2. The Morgan fingerprint density at radius 3 is 2.65 bits per heavy atom. The molecule has 0 aromatic carbocycles. The average Bonchev–Trinajstić information content (AvgIpc) is 3.43. The van der Waals surface area contributed by atoms with Crippen molar-refractivity contribution < 1.29 is 4.55 Å². The highest BCUT2D eigenvalue weighted by atomic mass is 32.2. The van der Waals surface area contributed by atoms with Gasteiger partial charge in [-0.3, -0.25) is 0 Å². The number of hydrogen-bond acceptors (Lipinski definition) is 5. The van der Waals surface area contributed by atoms with E-state index in [0.29, 0.717) is 5.92 Å². The van der Waals surface area contributed by atoms with Gasteiger partial charge < -0.3 is 14.4 Å². The SMILES string of the molecule is CN[S+]([O-])C1C=C(c2cn(C)cn2)C(Nc2ccc(C3CC3)cn2)CC1. The number of imidazole rings is 1. The summed E-state index contributed by atoms with van der Waals surface area (Å²) < 4.78 is 17.0. The van der Waals surface area contributed by atoms with Gasteiger partial charge in [-0.25, -0.2) is 9.97 Å². The Morgan fingerprint density at radius 2 is 2.04 bits per heavy atom. The second kappa shape index (κ2) is 7.42. The number of aryl methyl sites for hydroxylation is 1. The lowest BCUT2D eigenvalue weighted by Crippen LogP contribution is -2.36. The molecule has 0 saturated heterocycles. The van der Waals surface area contributed by atoms with E-state index in [9.17, 15) is 4.55 Å². The van der Waals surface area contributed by atoms with E-state index in [1.807, 2.05) is 24.0 Å². The van der Waals surface area contributed by atoms with Crippen molar-refractivity contribution in [1.82, 2.24) is 19.3 Å². The lowest BCUT2D eigenvalue weighted by atomic mass is 9.91. The van der Waals surface area contributed by atoms with Gasteiger partial charge in [-0.05, 0) is 42.9 Å². The number of nitrogens with zero attached hydrogens (tertiary/aromatic N) is 3. The first-order chi connectivity index (χ1) is 12.6. The van der Waals surface area contributed by atoms with Gasteiger partial charge in [0, 0.05) is 49.8 Å². The molecule has 6 nitrogen and oxygen atoms in total. The Kier molecular flexibility index (Phi) is 5.02. The van der Waals surface area contributed by atoms with Crippen molar-refractivity contribution in [1.29, 1.82) is 0 Å². The van der Waals surface area contributed by atoms with E-state index in [2.05, 4.69) is 38.2 Å². The van der Waals surface area contributed by atoms with Crippen molar-refractivity contribution in [2.24, 2.45) is 7.05 Å². The topological polar surface area (TPSA) is 77.8 Å². The maximum Gasteiger partial charge on any atom is 0.154 e. The van der Waals surface area contributed by atoms with Gasteiger partial charge in [0.1, 0.15) is 5.82 Å². The molecule has 2 aromatic heterocycles. The number of anilines is 1. The third-order valence-corrected chi connectivity index (χ3v) is 6.44. The van der Waals surface area contributed by atoms with Crippen molar-refractivity contribution in [3.8, 4) is 0 Å². The summed E-state index contributed by atoms with van der Waals surface area (Å²) in [5.41, 5.74) is 3.36. The third-order valence-electron chi connectivity index (χ3n) is 5.11. The Morgan fingerprint density at radius 1 is 1.19 bits per heavy atom. The molecule has 2 aromatic rings. The van der Waals surface area contributed by atoms with Crippen LogP contribution in [0.3, 0.4) is 0 Å². The molecule has 0 bridgehead atoms. The molecule has 7 heteroatoms. The molecule has 3 unspecified atom stereocenters. The van der Waals surface area contributed by atoms with Gasteiger partial charge >= 0.3 is 0 Å². The quantitative estimate of drug-likeness (QED) is 0.763. The van der Waals surface area contributed by atoms with E-state index in [0.717, 1.165) is 29.9 Å². The highest BCUT2D eigenvalue weighted by Gasteiger charge is 2.31. The molecule has 0 aliphatic heterocycles. The fourth-order valence-corrected chi connectivity index (χ4v) is 4.43. The molecule has 2 aliphatic carbocycles. The summed E-state index contributed by atoms with van der Waals surface area (Å²) in [6.45, 7) is 0. The first-order valence-electron chi connectivity index (χ1n) is 9.14. The summed E-state index contributed by atoms with van der Waals surface area (Å²) in [5, 5.41) is 3.55. The number of pyridine rings is 1. The number of hydrogen-bond donors (Lipinski definition) is 2. The van der Waals surface area contributed by atoms with Crippen LogP contribution in [0.1, 0.15) is 42.9 Å². The summed E-state index contributed by atoms with van der Waals surface area (Å²) >= 11 is -1.07. The van der Waals surface area contributed by atoms with Crippen molar-refractivity contribution in [3.05, 3.63) is 48.2 Å². The fraction of sp³-hybridized carbons (Fsp3) is 0.474. The molecular weight excluding hydrogens is 346 g/mol. The minimum Gasteiger partial charge on any atom is -0.598 e. The second-order valence-corrected chi connectivity index (χ2v) is 8.72. The first kappa shape index (κ1) is 17.6. The zero-order valence-corrected chi connectivity index (χ0v) is 16.0. The molecule has 138 valence electrons. The highest BCUT2D eigenvalue weighted by molar-refractivity contribution is 7.90. The van der Waals surface area contributed by atoms with Gasteiger partial charge in [0.2, 0.25) is 0 Å². The zero-order valence-electron chi connectivity index (χ0n) is 15.2. The maximum atomic E-state index is 12.2. The standard InChI is InChI=1S/C19H25N5OS/c1-20-26(25)15-6-7-17(16(9-15)18-11-24(2)12-22-18)23-19-8-5-14(10-21-19)13-3-4-13/h5,8-13,15,17,20H,3-4,6-7H2,1-2H3,(H,21,23). The van der Waals surface area contributed by atoms with E-state index >= 15 is 0 Å². The van der Waals surface area contributed by atoms with Crippen LogP contribution in [-0.4, -0.2) is 37.4 Å². The van der Waals surface area contributed by atoms with Crippen LogP contribution in [0, 0.1) is 0 Å². The van der Waals surface area contributed by atoms with Gasteiger partial charge in [0.15, 0.2) is 5.25 Å². The van der Waals surface area contributed by atoms with Gasteiger partial charge in [0.25, 0.3) is 0 Å². The molecule has 4 rings (SSSR count). The minimum absolute atomic E-state index is 0.000239. The molecule has 1 saturated carbocycles. The van der Waals surface area contributed by atoms with Gasteiger partial charge in [0.05, 0.1) is 18.1 Å². The van der Waals surface area contributed by atoms with Crippen LogP contribution in [0.4, 0.5) is 5.82 Å². The van der Waals surface area contributed by atoms with Crippen molar-refractivity contribution in [2.45, 2.75) is 42.9 Å². The minimum atomic E-state index is -1.07. The van der Waals surface area contributed by atoms with Crippen LogP contribution in [0.2, 0.25) is 0 Å². The summed E-state index contributed by atoms with van der Waals surface area (Å²) in [4.78, 5) is 9.11. The van der Waals surface area contributed by atoms with Gasteiger partial charge in [-0.15, -0.1) is 4.72 Å². The van der Waals surface area contributed by atoms with Crippen molar-refractivity contribution in [2.75, 3.05) is 12.4 Å². The molecule has 3 atom stereocenters. The average molecular weight is 372 g/mol. The van der Waals surface area contributed by atoms with Crippen molar-refractivity contribution in [3.63, 3.8) is 0 Å². The molecule has 0 radical (unpaired) electrons. The van der Waals surface area contributed by atoms with E-state index in [1.165, 1.54) is 18.4 Å². The molecule has 26 heavy (non-hydrogen) atoms. The van der Waals surface area contributed by atoms with E-state index < -0.39 is 11.4 Å². The lowest BCUT2D eigenvalue weighted by molar-refractivity contribution is 0.565. The summed E-state index contributed by atoms with van der Waals surface area (Å²) in [7, 11) is 3.70. The number of rotatable bonds is 6. The van der Waals surface area contributed by atoms with Crippen LogP contribution in [-0.2, 0) is 18.4 Å². The molecule has 2 heterocycles. The first-order valence-corrected chi connectivity index (χ1v) is 10.4. The highest BCUT2D eigenvalue weighted by Crippen LogP contribution is 2.40. The van der Waals surface area contributed by atoms with E-state index in [-0.39, 0.29) is 11.3 Å². The van der Waals surface area contributed by atoms with Crippen LogP contribution >= 0.6 is 0 Å². The third kappa shape index (κ3) is 3.79. The smallest absolute Gasteiger partial charge is 0.154 e. The zero-order chi connectivity index (χ0) is 18.1. The van der Waals surface area contributed by atoms with Gasteiger partial charge in [-0.1, -0.05) is 6.07 Å². The van der Waals surface area contributed by atoms with Crippen LogP contribution in [0.25, 0.3) is 5.57 Å².